The summed E-state index contributed by atoms with van der Waals surface area (Å²) in [5.74, 6) is -0.477. The molecule has 0 spiro atoms. The van der Waals surface area contributed by atoms with E-state index >= 15 is 0 Å². The quantitative estimate of drug-likeness (QED) is 0.332. The van der Waals surface area contributed by atoms with E-state index in [4.69, 9.17) is 18.0 Å². The van der Waals surface area contributed by atoms with E-state index in [1.54, 1.807) is 0 Å². The minimum Gasteiger partial charge on any atom is -0.455 e. The van der Waals surface area contributed by atoms with Crippen LogP contribution in [0.5, 0.6) is 0 Å². The lowest BCUT2D eigenvalue weighted by atomic mass is 10.3. The molecule has 0 amide bonds. The Bertz CT molecular complexity index is 253. The zero-order chi connectivity index (χ0) is 14.7. The van der Waals surface area contributed by atoms with Gasteiger partial charge < -0.3 is 18.0 Å². The van der Waals surface area contributed by atoms with Gasteiger partial charge in [0.1, 0.15) is 0 Å². The van der Waals surface area contributed by atoms with Gasteiger partial charge in [0.15, 0.2) is 5.73 Å². The van der Waals surface area contributed by atoms with Gasteiger partial charge in [0, 0.05) is 25.9 Å². The Morgan fingerprint density at radius 2 is 1.58 bits per heavy atom. The van der Waals surface area contributed by atoms with E-state index in [0.717, 1.165) is 12.5 Å². The lowest BCUT2D eigenvalue weighted by Crippen LogP contribution is -2.58. The Morgan fingerprint density at radius 3 is 1.89 bits per heavy atom. The van der Waals surface area contributed by atoms with E-state index in [0.29, 0.717) is 26.2 Å². The average Bonchev–Trinajstić information content (AvgIpc) is 2.38. The molecule has 0 saturated carbocycles. The smallest absolute Gasteiger partial charge is 0.455 e. The van der Waals surface area contributed by atoms with Crippen LogP contribution in [0, 0.1) is 0 Å². The van der Waals surface area contributed by atoms with Gasteiger partial charge in [0.2, 0.25) is 0 Å². The molecule has 0 aliphatic heterocycles. The van der Waals surface area contributed by atoms with E-state index in [1.807, 2.05) is 27.7 Å². The minimum absolute atomic E-state index is 0.456. The highest BCUT2D eigenvalue weighted by Gasteiger charge is 2.51. The van der Waals surface area contributed by atoms with Crippen molar-refractivity contribution in [2.24, 2.45) is 0 Å². The van der Waals surface area contributed by atoms with Crippen LogP contribution in [0.1, 0.15) is 40.5 Å². The third-order valence-electron chi connectivity index (χ3n) is 2.41. The Labute approximate surface area is 117 Å². The zero-order valence-corrected chi connectivity index (χ0v) is 13.4. The van der Waals surface area contributed by atoms with Crippen LogP contribution in [0.15, 0.2) is 12.7 Å². The summed E-state index contributed by atoms with van der Waals surface area (Å²) in [7, 11) is -3.02. The van der Waals surface area contributed by atoms with Crippen molar-refractivity contribution >= 4 is 14.8 Å². The van der Waals surface area contributed by atoms with Crippen molar-refractivity contribution < 1.29 is 22.8 Å². The van der Waals surface area contributed by atoms with Crippen molar-refractivity contribution in [2.45, 2.75) is 46.3 Å². The third kappa shape index (κ3) is 5.86. The number of ether oxygens (including phenoxy) is 1. The second kappa shape index (κ2) is 10.1. The van der Waals surface area contributed by atoms with E-state index < -0.39 is 20.5 Å². The van der Waals surface area contributed by atoms with E-state index in [-0.39, 0.29) is 0 Å². The van der Waals surface area contributed by atoms with Gasteiger partial charge in [0.05, 0.1) is 0 Å². The maximum absolute atomic E-state index is 11.5. The van der Waals surface area contributed by atoms with Gasteiger partial charge in [0.25, 0.3) is 0 Å². The first-order valence-electron chi connectivity index (χ1n) is 6.84. The van der Waals surface area contributed by atoms with Crippen molar-refractivity contribution in [3.8, 4) is 0 Å². The largest absolute Gasteiger partial charge is 0.544 e. The highest BCUT2D eigenvalue weighted by molar-refractivity contribution is 6.62. The third-order valence-corrected chi connectivity index (χ3v) is 5.68. The Balaban J connectivity index is 5.16. The van der Waals surface area contributed by atoms with Crippen molar-refractivity contribution in [3.05, 3.63) is 12.7 Å². The van der Waals surface area contributed by atoms with E-state index in [2.05, 4.69) is 6.58 Å². The molecule has 0 aromatic carbocycles. The fourth-order valence-corrected chi connectivity index (χ4v) is 4.68. The van der Waals surface area contributed by atoms with Crippen molar-refractivity contribution in [3.63, 3.8) is 0 Å². The predicted molar refractivity (Wildman–Crippen MR) is 75.6 cm³/mol. The molecule has 0 aliphatic rings. The lowest BCUT2D eigenvalue weighted by molar-refractivity contribution is -0.143. The van der Waals surface area contributed by atoms with Crippen molar-refractivity contribution in [1.82, 2.24) is 0 Å². The monoisotopic (exact) mass is 290 g/mol. The molecule has 1 unspecified atom stereocenters. The maximum Gasteiger partial charge on any atom is 0.544 e. The molecule has 112 valence electrons. The molecule has 0 heterocycles. The topological polar surface area (TPSA) is 54.0 Å². The number of hydrogen-bond donors (Lipinski definition) is 0. The first-order valence-corrected chi connectivity index (χ1v) is 8.65. The van der Waals surface area contributed by atoms with Crippen LogP contribution in [0.2, 0.25) is 0 Å². The number of carbonyl (C=O) groups excluding carboxylic acids is 1. The normalized spacial score (nSPS) is 13.1. The number of hydrogen-bond acceptors (Lipinski definition) is 5. The first-order chi connectivity index (χ1) is 9.10. The van der Waals surface area contributed by atoms with Crippen LogP contribution in [0.4, 0.5) is 0 Å². The zero-order valence-electron chi connectivity index (χ0n) is 12.4. The average molecular weight is 290 g/mol. The van der Waals surface area contributed by atoms with E-state index in [9.17, 15) is 4.79 Å². The summed E-state index contributed by atoms with van der Waals surface area (Å²) < 4.78 is 22.7. The van der Waals surface area contributed by atoms with Crippen LogP contribution in [0.3, 0.4) is 0 Å². The van der Waals surface area contributed by atoms with Gasteiger partial charge in [-0.2, -0.15) is 0 Å². The molecule has 0 aromatic rings. The van der Waals surface area contributed by atoms with Crippen LogP contribution in [-0.4, -0.2) is 40.3 Å². The summed E-state index contributed by atoms with van der Waals surface area (Å²) >= 11 is 0. The second-order valence-corrected chi connectivity index (χ2v) is 6.54. The highest BCUT2D eigenvalue weighted by atomic mass is 28.4. The summed E-state index contributed by atoms with van der Waals surface area (Å²) in [6.07, 6.45) is 2.63. The lowest BCUT2D eigenvalue weighted by Gasteiger charge is -2.34. The van der Waals surface area contributed by atoms with Crippen molar-refractivity contribution in [1.29, 1.82) is 0 Å². The molecule has 6 heteroatoms. The molecule has 5 nitrogen and oxygen atoms in total. The van der Waals surface area contributed by atoms with Crippen LogP contribution >= 0.6 is 0 Å². The molecular formula is C13H26O5Si. The fraction of sp³-hybridized carbons (Fsp3) is 0.769. The molecule has 0 saturated heterocycles. The minimum atomic E-state index is -3.02. The van der Waals surface area contributed by atoms with Gasteiger partial charge in [-0.1, -0.05) is 19.9 Å². The molecule has 0 N–H and O–H groups in total. The van der Waals surface area contributed by atoms with Crippen LogP contribution < -0.4 is 0 Å². The number of rotatable bonds is 11. The Morgan fingerprint density at radius 1 is 1.11 bits per heavy atom. The molecule has 0 bridgehead atoms. The summed E-state index contributed by atoms with van der Waals surface area (Å²) in [6, 6.07) is 0. The molecule has 1 atom stereocenters. The summed E-state index contributed by atoms with van der Waals surface area (Å²) in [4.78, 5) is 11.5. The Hall–Kier alpha value is -0.693. The molecule has 0 radical (unpaired) electrons. The molecule has 19 heavy (non-hydrogen) atoms. The predicted octanol–water partition coefficient (Wildman–Crippen LogP) is 2.47. The Kier molecular flexibility index (Phi) is 9.77. The summed E-state index contributed by atoms with van der Waals surface area (Å²) in [6.45, 7) is 12.4. The van der Waals surface area contributed by atoms with Gasteiger partial charge in [-0.25, -0.2) is 4.79 Å². The molecule has 0 aromatic heterocycles. The molecule has 0 fully saturated rings. The molecule has 0 rings (SSSR count). The van der Waals surface area contributed by atoms with Gasteiger partial charge in [-0.05, 0) is 27.2 Å². The van der Waals surface area contributed by atoms with Crippen LogP contribution in [0.25, 0.3) is 0 Å². The van der Waals surface area contributed by atoms with Crippen molar-refractivity contribution in [2.75, 3.05) is 19.8 Å². The SMILES string of the molecule is C=CC(=O)OC(CCC)[Si](OCC)(OCC)OCC. The fourth-order valence-electron chi connectivity index (χ4n) is 1.77. The van der Waals surface area contributed by atoms with Gasteiger partial charge in [-0.15, -0.1) is 0 Å². The van der Waals surface area contributed by atoms with Gasteiger partial charge >= 0.3 is 14.8 Å². The standard InChI is InChI=1S/C13H26O5Si/c1-6-11-13(18-12(14)7-2)19(15-8-3,16-9-4)17-10-5/h7,13H,2,6,8-11H2,1,3-5H3. The summed E-state index contributed by atoms with van der Waals surface area (Å²) in [5, 5.41) is 0. The summed E-state index contributed by atoms with van der Waals surface area (Å²) in [5.41, 5.74) is -0.483. The molecular weight excluding hydrogens is 264 g/mol. The van der Waals surface area contributed by atoms with Gasteiger partial charge in [-0.3, -0.25) is 0 Å². The number of esters is 1. The number of carbonyl (C=O) groups is 1. The first kappa shape index (κ1) is 18.3. The van der Waals surface area contributed by atoms with Crippen LogP contribution in [-0.2, 0) is 22.8 Å². The highest BCUT2D eigenvalue weighted by Crippen LogP contribution is 2.22. The molecule has 0 aliphatic carbocycles. The maximum atomic E-state index is 11.5. The second-order valence-electron chi connectivity index (χ2n) is 3.82. The van der Waals surface area contributed by atoms with E-state index in [1.165, 1.54) is 0 Å².